The molecule has 6 aliphatic rings. The Bertz CT molecular complexity index is 1730. The minimum atomic E-state index is -1.32. The summed E-state index contributed by atoms with van der Waals surface area (Å²) in [5.74, 6) is -1.54. The van der Waals surface area contributed by atoms with Crippen LogP contribution in [0.25, 0.3) is 6.08 Å². The first kappa shape index (κ1) is 34.0. The monoisotopic (exact) mass is 700 g/mol. The van der Waals surface area contributed by atoms with Gasteiger partial charge in [-0.2, -0.15) is 5.06 Å². The second-order valence-electron chi connectivity index (χ2n) is 14.8. The third-order valence-electron chi connectivity index (χ3n) is 11.1. The lowest BCUT2D eigenvalue weighted by Crippen LogP contribution is -2.69. The molecule has 3 heterocycles. The van der Waals surface area contributed by atoms with Crippen LogP contribution in [0.3, 0.4) is 0 Å². The smallest absolute Gasteiger partial charge is 0.327 e. The lowest BCUT2D eigenvalue weighted by Gasteiger charge is -2.48. The highest BCUT2D eigenvalue weighted by Crippen LogP contribution is 2.63. The number of nitrogens with zero attached hydrogens (tertiary/aromatic N) is 2. The highest BCUT2D eigenvalue weighted by atomic mass is 16.8. The predicted molar refractivity (Wildman–Crippen MR) is 181 cm³/mol. The van der Waals surface area contributed by atoms with Gasteiger partial charge in [0.1, 0.15) is 29.8 Å². The van der Waals surface area contributed by atoms with Crippen molar-refractivity contribution < 1.29 is 43.3 Å². The molecule has 2 aromatic rings. The molecule has 0 radical (unpaired) electrons. The molecule has 2 bridgehead atoms. The summed E-state index contributed by atoms with van der Waals surface area (Å²) in [4.78, 5) is 61.5. The number of rotatable bonds is 12. The number of aliphatic hydroxyl groups excluding tert-OH is 1. The number of ether oxygens (including phenoxy) is 3. The van der Waals surface area contributed by atoms with Gasteiger partial charge in [-0.05, 0) is 60.6 Å². The van der Waals surface area contributed by atoms with E-state index in [2.05, 4.69) is 10.6 Å². The number of aliphatic hydroxyl groups is 1. The number of carbonyl (C=O) groups excluding carboxylic acids is 4. The predicted octanol–water partition coefficient (Wildman–Crippen LogP) is 1.93. The Hall–Kier alpha value is -4.14. The van der Waals surface area contributed by atoms with Crippen LogP contribution in [0.1, 0.15) is 59.2 Å². The largest absolute Gasteiger partial charge is 0.458 e. The van der Waals surface area contributed by atoms with Gasteiger partial charge < -0.3 is 34.9 Å². The van der Waals surface area contributed by atoms with Crippen molar-refractivity contribution in [2.45, 2.75) is 81.4 Å². The Kier molecular flexibility index (Phi) is 8.74. The number of hydroxylamine groups is 2. The lowest BCUT2D eigenvalue weighted by molar-refractivity contribution is -0.235. The van der Waals surface area contributed by atoms with Crippen molar-refractivity contribution in [3.63, 3.8) is 0 Å². The molecule has 3 saturated heterocycles. The molecule has 3 aliphatic carbocycles. The molecular formula is C38H44N4O9. The van der Waals surface area contributed by atoms with Crippen LogP contribution in [0.5, 0.6) is 0 Å². The molecule has 270 valence electrons. The highest BCUT2D eigenvalue weighted by Gasteiger charge is 2.78. The molecule has 2 aromatic carbocycles. The highest BCUT2D eigenvalue weighted by molar-refractivity contribution is 5.95. The number of amides is 3. The zero-order chi connectivity index (χ0) is 35.5. The second kappa shape index (κ2) is 13.1. The van der Waals surface area contributed by atoms with E-state index in [-0.39, 0.29) is 62.2 Å². The maximum absolute atomic E-state index is 14.7. The Morgan fingerprint density at radius 1 is 0.980 bits per heavy atom. The van der Waals surface area contributed by atoms with Gasteiger partial charge in [-0.3, -0.25) is 24.0 Å². The average Bonchev–Trinajstić information content (AvgIpc) is 4.08. The Morgan fingerprint density at radius 3 is 2.39 bits per heavy atom. The number of likely N-dealkylation sites (N-methyl/N-ethyl adjacent to an activating group) is 1. The van der Waals surface area contributed by atoms with E-state index in [1.807, 2.05) is 30.3 Å². The minimum absolute atomic E-state index is 0.117. The van der Waals surface area contributed by atoms with E-state index in [1.54, 1.807) is 43.4 Å². The molecule has 6 fully saturated rings. The fraction of sp³-hybridized carbons (Fsp3) is 0.526. The van der Waals surface area contributed by atoms with Crippen LogP contribution in [0.4, 0.5) is 0 Å². The second-order valence-corrected chi connectivity index (χ2v) is 14.8. The molecule has 0 aromatic heterocycles. The van der Waals surface area contributed by atoms with Gasteiger partial charge in [-0.15, -0.1) is 0 Å². The molecule has 51 heavy (non-hydrogen) atoms. The van der Waals surface area contributed by atoms with Gasteiger partial charge in [-0.1, -0.05) is 36.4 Å². The van der Waals surface area contributed by atoms with E-state index in [1.165, 1.54) is 11.0 Å². The molecule has 3 amide bonds. The van der Waals surface area contributed by atoms with Crippen molar-refractivity contribution in [2.75, 3.05) is 27.2 Å². The van der Waals surface area contributed by atoms with E-state index in [4.69, 9.17) is 24.2 Å². The van der Waals surface area contributed by atoms with Crippen LogP contribution in [0, 0.1) is 17.3 Å². The molecule has 8 rings (SSSR count). The molecule has 6 unspecified atom stereocenters. The molecule has 13 heteroatoms. The van der Waals surface area contributed by atoms with Crippen LogP contribution >= 0.6 is 0 Å². The van der Waals surface area contributed by atoms with Gasteiger partial charge in [0.15, 0.2) is 11.8 Å². The fourth-order valence-corrected chi connectivity index (χ4v) is 8.34. The van der Waals surface area contributed by atoms with Crippen LogP contribution in [0.15, 0.2) is 54.6 Å². The van der Waals surface area contributed by atoms with E-state index in [0.717, 1.165) is 36.8 Å². The number of nitrogens with one attached hydrogen (secondary N) is 2. The third-order valence-corrected chi connectivity index (χ3v) is 11.1. The summed E-state index contributed by atoms with van der Waals surface area (Å²) in [5, 5.41) is 16.4. The molecule has 3 N–H and O–H groups in total. The molecule has 0 spiro atoms. The number of esters is 1. The topological polar surface area (TPSA) is 156 Å². The quantitative estimate of drug-likeness (QED) is 0.221. The Balaban J connectivity index is 1.08. The lowest BCUT2D eigenvalue weighted by atomic mass is 9.62. The normalized spacial score (nSPS) is 30.5. The number of fused-ring (bicyclic) bond motifs is 4. The first-order chi connectivity index (χ1) is 24.6. The number of hydrogen-bond acceptors (Lipinski definition) is 10. The number of benzene rings is 2. The summed E-state index contributed by atoms with van der Waals surface area (Å²) in [6.45, 7) is 0.284. The van der Waals surface area contributed by atoms with Gasteiger partial charge in [0, 0.05) is 57.1 Å². The summed E-state index contributed by atoms with van der Waals surface area (Å²) < 4.78 is 19.9. The van der Waals surface area contributed by atoms with Crippen LogP contribution < -0.4 is 10.6 Å². The fourth-order valence-electron chi connectivity index (χ4n) is 8.34. The van der Waals surface area contributed by atoms with Crippen molar-refractivity contribution >= 4 is 29.8 Å². The Labute approximate surface area is 296 Å². The third kappa shape index (κ3) is 6.04. The number of carbonyl (C=O) groups is 4. The molecule has 3 aliphatic heterocycles. The first-order valence-electron chi connectivity index (χ1n) is 17.9. The van der Waals surface area contributed by atoms with E-state index >= 15 is 0 Å². The summed E-state index contributed by atoms with van der Waals surface area (Å²) >= 11 is 0. The summed E-state index contributed by atoms with van der Waals surface area (Å²) in [6, 6.07) is 13.5. The molecule has 13 nitrogen and oxygen atoms in total. The molecular weight excluding hydrogens is 656 g/mol. The zero-order valence-electron chi connectivity index (χ0n) is 28.8. The van der Waals surface area contributed by atoms with Crippen molar-refractivity contribution in [1.82, 2.24) is 20.6 Å². The van der Waals surface area contributed by atoms with E-state index in [0.29, 0.717) is 11.1 Å². The Morgan fingerprint density at radius 2 is 1.71 bits per heavy atom. The van der Waals surface area contributed by atoms with Crippen molar-refractivity contribution in [3.05, 3.63) is 76.9 Å². The molecule has 3 saturated carbocycles. The minimum Gasteiger partial charge on any atom is -0.458 e. The van der Waals surface area contributed by atoms with Crippen molar-refractivity contribution in [1.29, 1.82) is 0 Å². The van der Waals surface area contributed by atoms with Crippen LogP contribution in [-0.4, -0.2) is 102 Å². The van der Waals surface area contributed by atoms with Crippen molar-refractivity contribution in [3.8, 4) is 0 Å². The van der Waals surface area contributed by atoms with E-state index < -0.39 is 47.6 Å². The van der Waals surface area contributed by atoms with Crippen LogP contribution in [-0.2, 0) is 46.5 Å². The zero-order valence-corrected chi connectivity index (χ0v) is 28.8. The summed E-state index contributed by atoms with van der Waals surface area (Å²) in [7, 11) is 3.38. The van der Waals surface area contributed by atoms with E-state index in [9.17, 15) is 19.2 Å². The van der Waals surface area contributed by atoms with Gasteiger partial charge in [0.05, 0.1) is 13.2 Å². The average molecular weight is 701 g/mol. The SMILES string of the molecule is CN(C)C(=O)C=Cc1ccc(CN2OC3C4OC(C5CC5)(C5CC5)OC4C4CC3(C(=O)NCc3cccc(C(=O)NCCO)c3)C2C(=O)O4)cc1. The van der Waals surface area contributed by atoms with Gasteiger partial charge in [0.2, 0.25) is 11.8 Å². The maximum Gasteiger partial charge on any atom is 0.327 e. The van der Waals surface area contributed by atoms with Gasteiger partial charge in [0.25, 0.3) is 5.91 Å². The molecule has 6 atom stereocenters. The van der Waals surface area contributed by atoms with Crippen LogP contribution in [0.2, 0.25) is 0 Å². The standard InChI is InChI=1S/C38H44N4O9/c1-41(2)29(44)15-10-22-6-8-23(9-7-22)21-42-32-35(46)48-28-19-37(32,36(47)40-20-24-4-3-5-25(18-24)34(45)39-16-17-43)33(51-42)31-30(28)49-38(50-31,26-11-12-26)27-13-14-27/h3-10,15,18,26-28,30-33,43H,11-14,16-17,19-21H2,1-2H3,(H,39,45)(H,40,47). The van der Waals surface area contributed by atoms with Gasteiger partial charge in [-0.25, -0.2) is 0 Å². The summed E-state index contributed by atoms with van der Waals surface area (Å²) in [5.41, 5.74) is 1.47. The van der Waals surface area contributed by atoms with Gasteiger partial charge >= 0.3 is 5.97 Å². The number of hydrogen-bond donors (Lipinski definition) is 3. The van der Waals surface area contributed by atoms with Crippen molar-refractivity contribution in [2.24, 2.45) is 17.3 Å². The summed E-state index contributed by atoms with van der Waals surface area (Å²) in [6.07, 6.45) is 4.88. The first-order valence-corrected chi connectivity index (χ1v) is 17.9. The maximum atomic E-state index is 14.7.